The summed E-state index contributed by atoms with van der Waals surface area (Å²) in [6.07, 6.45) is -14.5. The number of nitrogens with zero attached hydrogens (tertiary/aromatic N) is 1. The molecular weight excluding hydrogens is 624 g/mol. The first-order chi connectivity index (χ1) is 21.0. The third-order valence-electron chi connectivity index (χ3n) is 6.55. The zero-order valence-corrected chi connectivity index (χ0v) is 22.8. The highest BCUT2D eigenvalue weighted by Crippen LogP contribution is 2.37. The molecule has 4 aromatic carbocycles. The second-order valence-electron chi connectivity index (χ2n) is 9.73. The molecule has 0 fully saturated rings. The SMILES string of the molecule is OCC(c1cccc(C(F)(F)F)c1)N(Cc1cc(C(F)(F)F)ccc1F)c1cccc(OCc2cccc(OC(F)(F)F)c2)c1. The minimum atomic E-state index is -4.92. The van der Waals surface area contributed by atoms with Gasteiger partial charge in [-0.05, 0) is 65.7 Å². The van der Waals surface area contributed by atoms with Crippen LogP contribution in [0.4, 0.5) is 49.6 Å². The van der Waals surface area contributed by atoms with Gasteiger partial charge in [0.2, 0.25) is 0 Å². The molecule has 45 heavy (non-hydrogen) atoms. The first-order valence-electron chi connectivity index (χ1n) is 13.0. The molecule has 4 aromatic rings. The molecule has 0 aliphatic rings. The zero-order chi connectivity index (χ0) is 33.0. The molecule has 0 aliphatic carbocycles. The first-order valence-corrected chi connectivity index (χ1v) is 13.0. The summed E-state index contributed by atoms with van der Waals surface area (Å²) in [5.74, 6) is -1.41. The standard InChI is InChI=1S/C31H23F10NO3/c32-27-11-10-23(30(36,37)38)14-21(27)16-42(28(17-43)20-5-2-6-22(13-20)29(33,34)35)24-7-3-8-25(15-24)44-18-19-4-1-9-26(12-19)45-31(39,40)41/h1-15,28,43H,16-18H2. The lowest BCUT2D eigenvalue weighted by molar-refractivity contribution is -0.274. The van der Waals surface area contributed by atoms with Crippen molar-refractivity contribution in [3.05, 3.63) is 125 Å². The molecule has 14 heteroatoms. The number of rotatable bonds is 10. The Labute approximate surface area is 250 Å². The molecule has 0 radical (unpaired) electrons. The number of hydrogen-bond acceptors (Lipinski definition) is 4. The quantitative estimate of drug-likeness (QED) is 0.175. The van der Waals surface area contributed by atoms with Gasteiger partial charge in [-0.25, -0.2) is 4.39 Å². The van der Waals surface area contributed by atoms with Crippen molar-refractivity contribution in [2.45, 2.75) is 37.9 Å². The summed E-state index contributed by atoms with van der Waals surface area (Å²) in [6.45, 7) is -1.69. The molecule has 0 bridgehead atoms. The van der Waals surface area contributed by atoms with Gasteiger partial charge in [0.15, 0.2) is 0 Å². The number of anilines is 1. The van der Waals surface area contributed by atoms with Gasteiger partial charge in [0.1, 0.15) is 23.9 Å². The van der Waals surface area contributed by atoms with E-state index >= 15 is 0 Å². The van der Waals surface area contributed by atoms with E-state index in [1.165, 1.54) is 47.4 Å². The Hall–Kier alpha value is -4.46. The Balaban J connectivity index is 1.71. The van der Waals surface area contributed by atoms with Crippen molar-refractivity contribution in [1.29, 1.82) is 0 Å². The maximum Gasteiger partial charge on any atom is 0.573 e. The second kappa shape index (κ2) is 13.3. The van der Waals surface area contributed by atoms with Gasteiger partial charge in [0, 0.05) is 23.9 Å². The van der Waals surface area contributed by atoms with Crippen molar-refractivity contribution in [2.75, 3.05) is 11.5 Å². The Bertz CT molecular complexity index is 1600. The molecular formula is C31H23F10NO3. The summed E-state index contributed by atoms with van der Waals surface area (Å²) < 4.78 is 143. The lowest BCUT2D eigenvalue weighted by Crippen LogP contribution is -2.31. The van der Waals surface area contributed by atoms with Crippen LogP contribution in [0.3, 0.4) is 0 Å². The summed E-state index contributed by atoms with van der Waals surface area (Å²) in [6, 6.07) is 15.0. The summed E-state index contributed by atoms with van der Waals surface area (Å²) >= 11 is 0. The van der Waals surface area contributed by atoms with Gasteiger partial charge in [-0.15, -0.1) is 13.2 Å². The Morgan fingerprint density at radius 2 is 1.33 bits per heavy atom. The molecule has 0 aliphatic heterocycles. The van der Waals surface area contributed by atoms with Gasteiger partial charge in [0.05, 0.1) is 23.8 Å². The predicted octanol–water partition coefficient (Wildman–Crippen LogP) is 9.08. The Morgan fingerprint density at radius 1 is 0.689 bits per heavy atom. The molecule has 0 saturated heterocycles. The van der Waals surface area contributed by atoms with E-state index in [-0.39, 0.29) is 29.2 Å². The van der Waals surface area contributed by atoms with Crippen LogP contribution in [0.5, 0.6) is 11.5 Å². The summed E-state index contributed by atoms with van der Waals surface area (Å²) in [5, 5.41) is 10.3. The number of benzene rings is 4. The van der Waals surface area contributed by atoms with Crippen LogP contribution in [0.2, 0.25) is 0 Å². The maximum absolute atomic E-state index is 14.8. The van der Waals surface area contributed by atoms with Gasteiger partial charge in [-0.1, -0.05) is 30.3 Å². The number of halogens is 10. The predicted molar refractivity (Wildman–Crippen MR) is 143 cm³/mol. The third kappa shape index (κ3) is 9.03. The van der Waals surface area contributed by atoms with E-state index in [1.54, 1.807) is 0 Å². The fourth-order valence-electron chi connectivity index (χ4n) is 4.49. The van der Waals surface area contributed by atoms with Gasteiger partial charge in [-0.2, -0.15) is 26.3 Å². The zero-order valence-electron chi connectivity index (χ0n) is 22.8. The monoisotopic (exact) mass is 647 g/mol. The lowest BCUT2D eigenvalue weighted by atomic mass is 10.0. The summed E-state index contributed by atoms with van der Waals surface area (Å²) in [5.41, 5.74) is -2.32. The van der Waals surface area contributed by atoms with Crippen molar-refractivity contribution in [3.63, 3.8) is 0 Å². The first kappa shape index (κ1) is 33.4. The molecule has 240 valence electrons. The smallest absolute Gasteiger partial charge is 0.489 e. The van der Waals surface area contributed by atoms with Crippen LogP contribution in [0.25, 0.3) is 0 Å². The third-order valence-corrected chi connectivity index (χ3v) is 6.55. The molecule has 4 nitrogen and oxygen atoms in total. The summed E-state index contributed by atoms with van der Waals surface area (Å²) in [4.78, 5) is 1.22. The van der Waals surface area contributed by atoms with Crippen molar-refractivity contribution < 1.29 is 58.5 Å². The van der Waals surface area contributed by atoms with Crippen LogP contribution in [-0.2, 0) is 25.5 Å². The van der Waals surface area contributed by atoms with E-state index < -0.39 is 66.2 Å². The molecule has 1 N–H and O–H groups in total. The molecule has 0 heterocycles. The highest BCUT2D eigenvalue weighted by atomic mass is 19.4. The molecule has 4 rings (SSSR count). The Morgan fingerprint density at radius 3 is 2.00 bits per heavy atom. The van der Waals surface area contributed by atoms with Gasteiger partial charge < -0.3 is 19.5 Å². The van der Waals surface area contributed by atoms with Gasteiger partial charge in [0.25, 0.3) is 0 Å². The lowest BCUT2D eigenvalue weighted by Gasteiger charge is -2.34. The van der Waals surface area contributed by atoms with Crippen LogP contribution in [-0.4, -0.2) is 18.1 Å². The van der Waals surface area contributed by atoms with E-state index in [0.29, 0.717) is 18.2 Å². The van der Waals surface area contributed by atoms with Gasteiger partial charge in [-0.3, -0.25) is 0 Å². The number of ether oxygens (including phenoxy) is 2. The summed E-state index contributed by atoms with van der Waals surface area (Å²) in [7, 11) is 0. The van der Waals surface area contributed by atoms with Crippen LogP contribution < -0.4 is 14.4 Å². The van der Waals surface area contributed by atoms with Crippen molar-refractivity contribution in [1.82, 2.24) is 0 Å². The molecule has 1 atom stereocenters. The fraction of sp³-hybridized carbons (Fsp3) is 0.226. The van der Waals surface area contributed by atoms with Crippen molar-refractivity contribution in [2.24, 2.45) is 0 Å². The van der Waals surface area contributed by atoms with Gasteiger partial charge >= 0.3 is 18.7 Å². The highest BCUT2D eigenvalue weighted by molar-refractivity contribution is 5.54. The minimum absolute atomic E-state index is 0.0625. The van der Waals surface area contributed by atoms with Crippen molar-refractivity contribution in [3.8, 4) is 11.5 Å². The van der Waals surface area contributed by atoms with E-state index in [4.69, 9.17) is 4.74 Å². The molecule has 0 spiro atoms. The Kier molecular flexibility index (Phi) is 9.86. The topological polar surface area (TPSA) is 41.9 Å². The van der Waals surface area contributed by atoms with Crippen LogP contribution >= 0.6 is 0 Å². The number of aliphatic hydroxyl groups excluding tert-OH is 1. The molecule has 1 unspecified atom stereocenters. The van der Waals surface area contributed by atoms with E-state index in [1.807, 2.05) is 0 Å². The van der Waals surface area contributed by atoms with E-state index in [9.17, 15) is 49.0 Å². The molecule has 0 aromatic heterocycles. The number of hydrogen-bond donors (Lipinski definition) is 1. The molecule has 0 amide bonds. The minimum Gasteiger partial charge on any atom is -0.489 e. The average Bonchev–Trinajstić information content (AvgIpc) is 2.95. The number of alkyl halides is 9. The number of aliphatic hydroxyl groups is 1. The van der Waals surface area contributed by atoms with Crippen molar-refractivity contribution >= 4 is 5.69 Å². The van der Waals surface area contributed by atoms with Crippen LogP contribution in [0.15, 0.2) is 91.0 Å². The molecule has 0 saturated carbocycles. The van der Waals surface area contributed by atoms with Crippen LogP contribution in [0.1, 0.15) is 33.9 Å². The van der Waals surface area contributed by atoms with Crippen LogP contribution in [0, 0.1) is 5.82 Å². The highest BCUT2D eigenvalue weighted by Gasteiger charge is 2.34. The maximum atomic E-state index is 14.8. The van der Waals surface area contributed by atoms with E-state index in [2.05, 4.69) is 4.74 Å². The van der Waals surface area contributed by atoms with E-state index in [0.717, 1.165) is 30.3 Å². The second-order valence-corrected chi connectivity index (χ2v) is 9.73. The fourth-order valence-corrected chi connectivity index (χ4v) is 4.49. The largest absolute Gasteiger partial charge is 0.573 e. The normalized spacial score (nSPS) is 13.0. The average molecular weight is 648 g/mol.